The largest absolute Gasteiger partial charge is 0.293 e. The van der Waals surface area contributed by atoms with Gasteiger partial charge in [-0.05, 0) is 28.1 Å². The van der Waals surface area contributed by atoms with Crippen LogP contribution in [0.25, 0.3) is 0 Å². The number of fused-ring (bicyclic) bond motifs is 2. The zero-order chi connectivity index (χ0) is 20.3. The third kappa shape index (κ3) is 2.63. The first-order valence-electron chi connectivity index (χ1n) is 9.09. The van der Waals surface area contributed by atoms with Crippen LogP contribution in [-0.4, -0.2) is 23.1 Å². The van der Waals surface area contributed by atoms with Crippen LogP contribution in [0.2, 0.25) is 0 Å². The summed E-state index contributed by atoms with van der Waals surface area (Å²) >= 11 is 4.76. The molecule has 1 heterocycles. The molecule has 0 aliphatic heterocycles. The number of benzene rings is 2. The molecule has 0 unspecified atom stereocenters. The predicted octanol–water partition coefficient (Wildman–Crippen LogP) is 4.99. The fourth-order valence-corrected chi connectivity index (χ4v) is 6.01. The summed E-state index contributed by atoms with van der Waals surface area (Å²) in [6, 6.07) is 17.0. The Morgan fingerprint density at radius 1 is 0.621 bits per heavy atom. The van der Waals surface area contributed by atoms with Crippen molar-refractivity contribution in [3.63, 3.8) is 0 Å². The van der Waals surface area contributed by atoms with Gasteiger partial charge in [0.1, 0.15) is 0 Å². The van der Waals surface area contributed by atoms with Crippen LogP contribution in [0, 0.1) is 11.8 Å². The highest BCUT2D eigenvalue weighted by molar-refractivity contribution is 9.11. The van der Waals surface area contributed by atoms with Gasteiger partial charge in [-0.15, -0.1) is 11.3 Å². The minimum Gasteiger partial charge on any atom is -0.293 e. The van der Waals surface area contributed by atoms with E-state index in [0.717, 1.165) is 3.79 Å². The minimum absolute atomic E-state index is 0.323. The molecule has 0 radical (unpaired) electrons. The Kier molecular flexibility index (Phi) is 4.22. The first-order chi connectivity index (χ1) is 14.0. The van der Waals surface area contributed by atoms with Crippen LogP contribution in [0.1, 0.15) is 52.2 Å². The van der Waals surface area contributed by atoms with Gasteiger partial charge in [-0.1, -0.05) is 48.5 Å². The van der Waals surface area contributed by atoms with Crippen LogP contribution in [0.4, 0.5) is 0 Å². The van der Waals surface area contributed by atoms with Crippen molar-refractivity contribution in [2.75, 3.05) is 0 Å². The molecule has 0 atom stereocenters. The summed E-state index contributed by atoms with van der Waals surface area (Å²) in [7, 11) is 0. The second kappa shape index (κ2) is 6.68. The third-order valence-corrected chi connectivity index (χ3v) is 7.41. The Balaban J connectivity index is 1.67. The van der Waals surface area contributed by atoms with Crippen LogP contribution in [0.3, 0.4) is 0 Å². The fourth-order valence-electron chi connectivity index (χ4n) is 4.41. The van der Waals surface area contributed by atoms with Crippen LogP contribution in [-0.2, 0) is 0 Å². The summed E-state index contributed by atoms with van der Waals surface area (Å²) in [5.74, 6) is -4.27. The molecule has 0 N–H and O–H groups in total. The van der Waals surface area contributed by atoms with E-state index in [4.69, 9.17) is 0 Å². The van der Waals surface area contributed by atoms with Gasteiger partial charge in [-0.2, -0.15) is 0 Å². The lowest BCUT2D eigenvalue weighted by molar-refractivity contribution is 0.0731. The first-order valence-corrected chi connectivity index (χ1v) is 10.7. The van der Waals surface area contributed by atoms with Crippen molar-refractivity contribution < 1.29 is 19.2 Å². The highest BCUT2D eigenvalue weighted by Crippen LogP contribution is 2.47. The van der Waals surface area contributed by atoms with Crippen molar-refractivity contribution in [2.24, 2.45) is 11.8 Å². The third-order valence-electron chi connectivity index (χ3n) is 5.69. The van der Waals surface area contributed by atoms with Crippen LogP contribution in [0.5, 0.6) is 0 Å². The van der Waals surface area contributed by atoms with Gasteiger partial charge in [0.2, 0.25) is 0 Å². The number of ketones is 4. The lowest BCUT2D eigenvalue weighted by atomic mass is 9.75. The number of halogens is 1. The Morgan fingerprint density at radius 3 is 1.31 bits per heavy atom. The maximum absolute atomic E-state index is 13.2. The monoisotopic (exact) mass is 464 g/mol. The number of thiophene rings is 1. The maximum Gasteiger partial charge on any atom is 0.175 e. The van der Waals surface area contributed by atoms with Gasteiger partial charge in [0, 0.05) is 33.0 Å². The highest BCUT2D eigenvalue weighted by atomic mass is 79.9. The number of rotatable bonds is 3. The molecule has 142 valence electrons. The molecule has 5 rings (SSSR count). The number of Topliss-reactive ketones (excluding diaryl/α,β-unsaturated/α-hetero) is 4. The number of carbonyl (C=O) groups is 4. The van der Waals surface area contributed by atoms with Crippen LogP contribution in [0.15, 0.2) is 64.5 Å². The van der Waals surface area contributed by atoms with Gasteiger partial charge in [-0.25, -0.2) is 0 Å². The Bertz CT molecular complexity index is 1080. The standard InChI is InChI=1S/C23H13BrO4S/c24-16-10-9-15(29-16)17(18-20(25)11-5-1-2-6-12(11)21(18)26)19-22(27)13-7-3-4-8-14(13)23(19)28/h1-10,17-19H. The molecule has 2 aliphatic carbocycles. The Hall–Kier alpha value is -2.70. The quantitative estimate of drug-likeness (QED) is 0.512. The van der Waals surface area contributed by atoms with E-state index in [0.29, 0.717) is 27.1 Å². The summed E-state index contributed by atoms with van der Waals surface area (Å²) in [6.07, 6.45) is 0. The molecular weight excluding hydrogens is 452 g/mol. The van der Waals surface area contributed by atoms with E-state index in [1.807, 2.05) is 0 Å². The lowest BCUT2D eigenvalue weighted by Crippen LogP contribution is -2.34. The van der Waals surface area contributed by atoms with Gasteiger partial charge in [-0.3, -0.25) is 19.2 Å². The summed E-state index contributed by atoms with van der Waals surface area (Å²) in [5, 5.41) is 0. The second-order valence-corrected chi connectivity index (χ2v) is 9.67. The van der Waals surface area contributed by atoms with E-state index in [-0.39, 0.29) is 23.1 Å². The molecule has 2 aliphatic rings. The first kappa shape index (κ1) is 18.3. The number of hydrogen-bond acceptors (Lipinski definition) is 5. The van der Waals surface area contributed by atoms with Crippen LogP contribution >= 0.6 is 27.3 Å². The predicted molar refractivity (Wildman–Crippen MR) is 112 cm³/mol. The maximum atomic E-state index is 13.2. The van der Waals surface area contributed by atoms with Crippen molar-refractivity contribution in [1.29, 1.82) is 0 Å². The van der Waals surface area contributed by atoms with Crippen molar-refractivity contribution >= 4 is 50.4 Å². The summed E-state index contributed by atoms with van der Waals surface area (Å²) < 4.78 is 0.809. The SMILES string of the molecule is O=C1c2ccccc2C(=O)C1C(c1ccc(Br)s1)C1C(=O)c2ccccc2C1=O. The van der Waals surface area contributed by atoms with Crippen molar-refractivity contribution in [3.05, 3.63) is 91.6 Å². The molecule has 0 amide bonds. The van der Waals surface area contributed by atoms with Gasteiger partial charge in [0.15, 0.2) is 23.1 Å². The van der Waals surface area contributed by atoms with Crippen molar-refractivity contribution in [2.45, 2.75) is 5.92 Å². The zero-order valence-corrected chi connectivity index (χ0v) is 17.3. The molecule has 0 saturated heterocycles. The lowest BCUT2D eigenvalue weighted by Gasteiger charge is -2.24. The Labute approximate surface area is 178 Å². The van der Waals surface area contributed by atoms with Crippen LogP contribution < -0.4 is 0 Å². The van der Waals surface area contributed by atoms with E-state index in [9.17, 15) is 19.2 Å². The average molecular weight is 465 g/mol. The molecule has 2 aromatic carbocycles. The highest BCUT2D eigenvalue weighted by Gasteiger charge is 2.53. The van der Waals surface area contributed by atoms with E-state index in [1.165, 1.54) is 11.3 Å². The number of carbonyl (C=O) groups excluding carboxylic acids is 4. The minimum atomic E-state index is -1.08. The average Bonchev–Trinajstić information content (AvgIpc) is 3.35. The summed E-state index contributed by atoms with van der Waals surface area (Å²) in [4.78, 5) is 53.6. The zero-order valence-electron chi connectivity index (χ0n) is 14.9. The number of hydrogen-bond donors (Lipinski definition) is 0. The molecule has 0 spiro atoms. The molecule has 1 aromatic heterocycles. The topological polar surface area (TPSA) is 68.3 Å². The smallest absolute Gasteiger partial charge is 0.175 e. The normalized spacial score (nSPS) is 16.8. The molecular formula is C23H13BrO4S. The van der Waals surface area contributed by atoms with Crippen molar-refractivity contribution in [1.82, 2.24) is 0 Å². The van der Waals surface area contributed by atoms with E-state index >= 15 is 0 Å². The van der Waals surface area contributed by atoms with E-state index in [1.54, 1.807) is 60.7 Å². The molecule has 3 aromatic rings. The van der Waals surface area contributed by atoms with Gasteiger partial charge < -0.3 is 0 Å². The molecule has 0 fully saturated rings. The van der Waals surface area contributed by atoms with Gasteiger partial charge >= 0.3 is 0 Å². The van der Waals surface area contributed by atoms with E-state index < -0.39 is 17.8 Å². The molecule has 6 heteroatoms. The van der Waals surface area contributed by atoms with Gasteiger partial charge in [0.25, 0.3) is 0 Å². The molecule has 0 bridgehead atoms. The van der Waals surface area contributed by atoms with Gasteiger partial charge in [0.05, 0.1) is 15.6 Å². The molecule has 4 nitrogen and oxygen atoms in total. The fraction of sp³-hybridized carbons (Fsp3) is 0.130. The molecule has 0 saturated carbocycles. The van der Waals surface area contributed by atoms with Crippen molar-refractivity contribution in [3.8, 4) is 0 Å². The summed E-state index contributed by atoms with van der Waals surface area (Å²) in [5.41, 5.74) is 1.44. The summed E-state index contributed by atoms with van der Waals surface area (Å²) in [6.45, 7) is 0. The Morgan fingerprint density at radius 2 is 1.00 bits per heavy atom. The van der Waals surface area contributed by atoms with E-state index in [2.05, 4.69) is 15.9 Å². The molecule has 29 heavy (non-hydrogen) atoms. The second-order valence-electron chi connectivity index (χ2n) is 7.17.